The highest BCUT2D eigenvalue weighted by Crippen LogP contribution is 2.42. The molecule has 0 radical (unpaired) electrons. The molecule has 1 saturated carbocycles. The van der Waals surface area contributed by atoms with Crippen molar-refractivity contribution >= 4 is 0 Å². The maximum atomic E-state index is 15.0. The summed E-state index contributed by atoms with van der Waals surface area (Å²) in [6.07, 6.45) is 6.25. The molecule has 0 amide bonds. The first kappa shape index (κ1) is 29.6. The molecule has 0 spiro atoms. The molecule has 1 fully saturated rings. The highest BCUT2D eigenvalue weighted by Gasteiger charge is 2.40. The fourth-order valence-electron chi connectivity index (χ4n) is 5.53. The van der Waals surface area contributed by atoms with Gasteiger partial charge in [-0.15, -0.1) is 0 Å². The van der Waals surface area contributed by atoms with Gasteiger partial charge in [-0.25, -0.2) is 13.2 Å². The zero-order chi connectivity index (χ0) is 27.0. The molecule has 1 aliphatic rings. The van der Waals surface area contributed by atoms with Gasteiger partial charge in [-0.2, -0.15) is 8.78 Å². The van der Waals surface area contributed by atoms with E-state index in [-0.39, 0.29) is 17.0 Å². The van der Waals surface area contributed by atoms with Gasteiger partial charge >= 0.3 is 6.11 Å². The molecule has 1 atom stereocenters. The Bertz CT molecular complexity index is 997. The Kier molecular flexibility index (Phi) is 11.0. The molecule has 1 nitrogen and oxygen atoms in total. The number of hydrogen-bond donors (Lipinski definition) is 0. The van der Waals surface area contributed by atoms with Crippen LogP contribution in [0.2, 0.25) is 0 Å². The lowest BCUT2D eigenvalue weighted by Crippen LogP contribution is -2.24. The number of alkyl halides is 2. The van der Waals surface area contributed by atoms with E-state index in [4.69, 9.17) is 4.74 Å². The molecular formula is C31H41F5O. The number of hydrogen-bond acceptors (Lipinski definition) is 1. The van der Waals surface area contributed by atoms with Crippen LogP contribution in [0.3, 0.4) is 0 Å². The molecule has 2 aromatic rings. The number of benzene rings is 2. The zero-order valence-electron chi connectivity index (χ0n) is 22.4. The minimum atomic E-state index is -4.12. The zero-order valence-corrected chi connectivity index (χ0v) is 22.4. The van der Waals surface area contributed by atoms with Gasteiger partial charge in [0.1, 0.15) is 5.82 Å². The number of ether oxygens (including phenoxy) is 1. The van der Waals surface area contributed by atoms with Crippen LogP contribution in [0, 0.1) is 23.4 Å². The van der Waals surface area contributed by atoms with E-state index in [1.165, 1.54) is 44.4 Å². The Labute approximate surface area is 218 Å². The van der Waals surface area contributed by atoms with Gasteiger partial charge in [-0.1, -0.05) is 70.6 Å². The fourth-order valence-corrected chi connectivity index (χ4v) is 5.53. The minimum absolute atomic E-state index is 0.0490. The lowest BCUT2D eigenvalue weighted by Gasteiger charge is -2.30. The average Bonchev–Trinajstić information content (AvgIpc) is 2.86. The number of halogens is 5. The van der Waals surface area contributed by atoms with E-state index < -0.39 is 35.2 Å². The summed E-state index contributed by atoms with van der Waals surface area (Å²) in [7, 11) is 0. The monoisotopic (exact) mass is 524 g/mol. The third-order valence-electron chi connectivity index (χ3n) is 7.82. The summed E-state index contributed by atoms with van der Waals surface area (Å²) in [6.45, 7) is 5.52. The van der Waals surface area contributed by atoms with Crippen molar-refractivity contribution < 1.29 is 26.7 Å². The molecule has 0 bridgehead atoms. The van der Waals surface area contributed by atoms with Gasteiger partial charge in [-0.3, -0.25) is 0 Å². The van der Waals surface area contributed by atoms with Crippen LogP contribution < -0.4 is 0 Å². The number of aryl methyl sites for hydroxylation is 1. The second-order valence-corrected chi connectivity index (χ2v) is 10.6. The van der Waals surface area contributed by atoms with Crippen LogP contribution in [0.4, 0.5) is 22.0 Å². The Morgan fingerprint density at radius 1 is 0.865 bits per heavy atom. The van der Waals surface area contributed by atoms with E-state index >= 15 is 0 Å². The van der Waals surface area contributed by atoms with Gasteiger partial charge in [0.2, 0.25) is 0 Å². The highest BCUT2D eigenvalue weighted by molar-refractivity contribution is 5.32. The largest absolute Gasteiger partial charge is 0.386 e. The van der Waals surface area contributed by atoms with E-state index in [0.717, 1.165) is 63.0 Å². The molecule has 0 saturated heterocycles. The maximum absolute atomic E-state index is 15.0. The van der Waals surface area contributed by atoms with E-state index in [1.54, 1.807) is 6.07 Å². The summed E-state index contributed by atoms with van der Waals surface area (Å²) in [5.74, 6) is -3.05. The molecule has 6 heteroatoms. The van der Waals surface area contributed by atoms with E-state index in [0.29, 0.717) is 12.3 Å². The molecule has 1 unspecified atom stereocenters. The molecule has 0 aromatic heterocycles. The maximum Gasteiger partial charge on any atom is 0.386 e. The van der Waals surface area contributed by atoms with Crippen LogP contribution in [-0.2, 0) is 17.3 Å². The summed E-state index contributed by atoms with van der Waals surface area (Å²) in [5.41, 5.74) is -0.272. The Morgan fingerprint density at radius 3 is 2.19 bits per heavy atom. The lowest BCUT2D eigenvalue weighted by molar-refractivity contribution is -0.274. The summed E-state index contributed by atoms with van der Waals surface area (Å²) in [4.78, 5) is 0. The quantitative estimate of drug-likeness (QED) is 0.187. The van der Waals surface area contributed by atoms with Gasteiger partial charge in [0.25, 0.3) is 0 Å². The van der Waals surface area contributed by atoms with Crippen LogP contribution in [0.1, 0.15) is 126 Å². The molecule has 0 N–H and O–H groups in total. The Balaban J connectivity index is 1.67. The first-order chi connectivity index (χ1) is 17.7. The Hall–Kier alpha value is -1.95. The summed E-state index contributed by atoms with van der Waals surface area (Å²) in [6, 6.07) is 6.64. The molecule has 3 rings (SSSR count). The SMILES string of the molecule is CCCCCc1ccc(C(C)OC(F)(F)c2ccc(C3CCC(CCCCC)CC3)c(F)c2F)c(F)c1. The second-order valence-electron chi connectivity index (χ2n) is 10.6. The predicted molar refractivity (Wildman–Crippen MR) is 138 cm³/mol. The van der Waals surface area contributed by atoms with Crippen molar-refractivity contribution in [3.63, 3.8) is 0 Å². The molecule has 1 aliphatic carbocycles. The normalized spacial score (nSPS) is 19.2. The fraction of sp³-hybridized carbons (Fsp3) is 0.613. The summed E-state index contributed by atoms with van der Waals surface area (Å²) < 4.78 is 79.3. The second kappa shape index (κ2) is 13.7. The molecule has 0 heterocycles. The van der Waals surface area contributed by atoms with Gasteiger partial charge < -0.3 is 4.74 Å². The molecular weight excluding hydrogens is 483 g/mol. The molecule has 2 aromatic carbocycles. The average molecular weight is 525 g/mol. The van der Waals surface area contributed by atoms with Gasteiger partial charge in [0.05, 0.1) is 11.7 Å². The third kappa shape index (κ3) is 7.78. The number of unbranched alkanes of at least 4 members (excludes halogenated alkanes) is 4. The van der Waals surface area contributed by atoms with Crippen molar-refractivity contribution in [2.24, 2.45) is 5.92 Å². The smallest absolute Gasteiger partial charge is 0.308 e. The van der Waals surface area contributed by atoms with Crippen molar-refractivity contribution in [3.05, 3.63) is 70.0 Å². The van der Waals surface area contributed by atoms with Crippen molar-refractivity contribution in [1.29, 1.82) is 0 Å². The number of rotatable bonds is 13. The van der Waals surface area contributed by atoms with Crippen molar-refractivity contribution in [1.82, 2.24) is 0 Å². The lowest BCUT2D eigenvalue weighted by atomic mass is 9.76. The van der Waals surface area contributed by atoms with Gasteiger partial charge in [0, 0.05) is 5.56 Å². The van der Waals surface area contributed by atoms with Crippen molar-refractivity contribution in [2.75, 3.05) is 0 Å². The van der Waals surface area contributed by atoms with Crippen LogP contribution >= 0.6 is 0 Å². The standard InChI is InChI=1S/C31H41F5O/c1-4-6-8-10-22-12-15-24(16-13-22)26-18-19-27(30(34)29(26)33)31(35,36)37-21(3)25-17-14-23(20-28(25)32)11-9-7-5-2/h14,17-22,24H,4-13,15-16H2,1-3H3. The molecule has 37 heavy (non-hydrogen) atoms. The van der Waals surface area contributed by atoms with E-state index in [2.05, 4.69) is 13.8 Å². The molecule has 0 aliphatic heterocycles. The first-order valence-corrected chi connectivity index (χ1v) is 14.0. The summed E-state index contributed by atoms with van der Waals surface area (Å²) >= 11 is 0. The van der Waals surface area contributed by atoms with Crippen LogP contribution in [0.25, 0.3) is 0 Å². The molecule has 206 valence electrons. The van der Waals surface area contributed by atoms with Crippen molar-refractivity contribution in [3.8, 4) is 0 Å². The van der Waals surface area contributed by atoms with Crippen LogP contribution in [0.5, 0.6) is 0 Å². The Morgan fingerprint density at radius 2 is 1.54 bits per heavy atom. The van der Waals surface area contributed by atoms with Crippen molar-refractivity contribution in [2.45, 2.75) is 116 Å². The van der Waals surface area contributed by atoms with Crippen LogP contribution in [0.15, 0.2) is 30.3 Å². The van der Waals surface area contributed by atoms with E-state index in [1.807, 2.05) is 0 Å². The van der Waals surface area contributed by atoms with E-state index in [9.17, 15) is 22.0 Å². The van der Waals surface area contributed by atoms with Gasteiger partial charge in [0.15, 0.2) is 11.6 Å². The highest BCUT2D eigenvalue weighted by atomic mass is 19.3. The third-order valence-corrected chi connectivity index (χ3v) is 7.82. The van der Waals surface area contributed by atoms with Crippen LogP contribution in [-0.4, -0.2) is 0 Å². The minimum Gasteiger partial charge on any atom is -0.308 e. The first-order valence-electron chi connectivity index (χ1n) is 14.0. The predicted octanol–water partition coefficient (Wildman–Crippen LogP) is 10.5. The summed E-state index contributed by atoms with van der Waals surface area (Å²) in [5, 5.41) is 0. The van der Waals surface area contributed by atoms with Gasteiger partial charge in [-0.05, 0) is 80.5 Å². The topological polar surface area (TPSA) is 9.23 Å².